The average Bonchev–Trinajstić information content (AvgIpc) is 3.24. The van der Waals surface area contributed by atoms with Crippen LogP contribution in [0.4, 0.5) is 13.2 Å². The van der Waals surface area contributed by atoms with Gasteiger partial charge in [0.05, 0.1) is 20.1 Å². The summed E-state index contributed by atoms with van der Waals surface area (Å²) in [4.78, 5) is 0. The average molecular weight is 375 g/mol. The SMILES string of the molecule is COc1ccc(-n2cc(-c3ccc(OC(F)(F)F)cc3)[n+]3c2CCC3)cc1. The number of nitrogens with zero attached hydrogens (tertiary/aromatic N) is 2. The van der Waals surface area contributed by atoms with E-state index in [-0.39, 0.29) is 5.75 Å². The Morgan fingerprint density at radius 3 is 2.26 bits per heavy atom. The molecule has 0 fully saturated rings. The third kappa shape index (κ3) is 3.49. The first-order valence-corrected chi connectivity index (χ1v) is 8.59. The van der Waals surface area contributed by atoms with Gasteiger partial charge < -0.3 is 9.47 Å². The standard InChI is InChI=1S/C20H18F3N2O2/c1-26-16-10-6-15(7-11-16)25-13-18(24-12-2-3-19(24)25)14-4-8-17(9-5-14)27-20(21,22)23/h4-11,13H,2-3,12H2,1H3/q+1. The molecule has 0 aliphatic carbocycles. The van der Waals surface area contributed by atoms with Crippen molar-refractivity contribution in [3.8, 4) is 28.4 Å². The summed E-state index contributed by atoms with van der Waals surface area (Å²) in [5.41, 5.74) is 2.83. The Morgan fingerprint density at radius 2 is 1.63 bits per heavy atom. The predicted molar refractivity (Wildman–Crippen MR) is 93.0 cm³/mol. The van der Waals surface area contributed by atoms with E-state index in [9.17, 15) is 13.2 Å². The van der Waals surface area contributed by atoms with E-state index in [0.717, 1.165) is 42.1 Å². The summed E-state index contributed by atoms with van der Waals surface area (Å²) in [5.74, 6) is 1.74. The van der Waals surface area contributed by atoms with Gasteiger partial charge in [0.15, 0.2) is 5.69 Å². The maximum absolute atomic E-state index is 12.4. The third-order valence-corrected chi connectivity index (χ3v) is 4.65. The molecule has 2 aromatic carbocycles. The Morgan fingerprint density at radius 1 is 0.963 bits per heavy atom. The number of methoxy groups -OCH3 is 1. The molecule has 0 spiro atoms. The molecule has 0 amide bonds. The molecule has 0 unspecified atom stereocenters. The van der Waals surface area contributed by atoms with Gasteiger partial charge in [0.2, 0.25) is 0 Å². The highest BCUT2D eigenvalue weighted by Gasteiger charge is 2.32. The van der Waals surface area contributed by atoms with Crippen molar-refractivity contribution < 1.29 is 27.2 Å². The molecular formula is C20H18F3N2O2+. The fourth-order valence-corrected chi connectivity index (χ4v) is 3.46. The first-order chi connectivity index (χ1) is 12.9. The zero-order chi connectivity index (χ0) is 19.0. The number of imidazole rings is 1. The fourth-order valence-electron chi connectivity index (χ4n) is 3.46. The van der Waals surface area contributed by atoms with Crippen molar-refractivity contribution in [3.63, 3.8) is 0 Å². The first kappa shape index (κ1) is 17.5. The van der Waals surface area contributed by atoms with Crippen molar-refractivity contribution in [3.05, 3.63) is 60.6 Å². The second kappa shape index (κ2) is 6.64. The number of benzene rings is 2. The Labute approximate surface area is 154 Å². The topological polar surface area (TPSA) is 27.3 Å². The minimum atomic E-state index is -4.69. The molecule has 2 heterocycles. The molecule has 27 heavy (non-hydrogen) atoms. The lowest BCUT2D eigenvalue weighted by molar-refractivity contribution is -0.679. The summed E-state index contributed by atoms with van der Waals surface area (Å²) in [6.07, 6.45) is -0.680. The Balaban J connectivity index is 1.70. The Hall–Kier alpha value is -2.96. The summed E-state index contributed by atoms with van der Waals surface area (Å²) in [6, 6.07) is 13.8. The minimum absolute atomic E-state index is 0.220. The van der Waals surface area contributed by atoms with E-state index in [1.807, 2.05) is 30.5 Å². The van der Waals surface area contributed by atoms with Crippen LogP contribution in [0.1, 0.15) is 12.2 Å². The van der Waals surface area contributed by atoms with Crippen LogP contribution in [0, 0.1) is 0 Å². The summed E-state index contributed by atoms with van der Waals surface area (Å²) >= 11 is 0. The van der Waals surface area contributed by atoms with Gasteiger partial charge in [0.1, 0.15) is 23.4 Å². The number of alkyl halides is 3. The van der Waals surface area contributed by atoms with Gasteiger partial charge in [0, 0.05) is 5.56 Å². The number of hydrogen-bond acceptors (Lipinski definition) is 2. The van der Waals surface area contributed by atoms with Gasteiger partial charge in [0.25, 0.3) is 5.82 Å². The van der Waals surface area contributed by atoms with Gasteiger partial charge in [-0.1, -0.05) is 0 Å². The number of hydrogen-bond donors (Lipinski definition) is 0. The summed E-state index contributed by atoms with van der Waals surface area (Å²) in [6.45, 7) is 0.884. The third-order valence-electron chi connectivity index (χ3n) is 4.65. The lowest BCUT2D eigenvalue weighted by atomic mass is 10.1. The van der Waals surface area contributed by atoms with Gasteiger partial charge in [-0.25, -0.2) is 4.57 Å². The Bertz CT molecular complexity index is 945. The van der Waals surface area contributed by atoms with Crippen LogP contribution in [0.2, 0.25) is 0 Å². The molecule has 4 rings (SSSR count). The highest BCUT2D eigenvalue weighted by molar-refractivity contribution is 5.58. The number of rotatable bonds is 4. The quantitative estimate of drug-likeness (QED) is 0.637. The van der Waals surface area contributed by atoms with Gasteiger partial charge in [-0.2, -0.15) is 4.57 Å². The van der Waals surface area contributed by atoms with E-state index in [1.54, 1.807) is 19.2 Å². The van der Waals surface area contributed by atoms with Crippen molar-refractivity contribution in [1.29, 1.82) is 0 Å². The smallest absolute Gasteiger partial charge is 0.497 e. The molecule has 0 saturated heterocycles. The van der Waals surface area contributed by atoms with E-state index in [1.165, 1.54) is 18.0 Å². The molecule has 0 N–H and O–H groups in total. The van der Waals surface area contributed by atoms with Crippen LogP contribution in [-0.2, 0) is 13.0 Å². The normalized spacial score (nSPS) is 13.5. The molecule has 0 radical (unpaired) electrons. The maximum atomic E-state index is 12.4. The number of ether oxygens (including phenoxy) is 2. The molecule has 1 aromatic heterocycles. The first-order valence-electron chi connectivity index (χ1n) is 8.59. The van der Waals surface area contributed by atoms with Gasteiger partial charge in [-0.15, -0.1) is 13.2 Å². The van der Waals surface area contributed by atoms with E-state index in [2.05, 4.69) is 13.9 Å². The molecule has 3 aromatic rings. The summed E-state index contributed by atoms with van der Waals surface area (Å²) < 4.78 is 50.6. The number of halogens is 3. The van der Waals surface area contributed by atoms with Crippen molar-refractivity contribution in [2.24, 2.45) is 0 Å². The lowest BCUT2D eigenvalue weighted by Crippen LogP contribution is -2.33. The van der Waals surface area contributed by atoms with Crippen molar-refractivity contribution in [1.82, 2.24) is 4.57 Å². The molecule has 1 aliphatic heterocycles. The molecule has 0 atom stereocenters. The summed E-state index contributed by atoms with van der Waals surface area (Å²) in [7, 11) is 1.63. The number of fused-ring (bicyclic) bond motifs is 1. The van der Waals surface area contributed by atoms with E-state index >= 15 is 0 Å². The largest absolute Gasteiger partial charge is 0.573 e. The van der Waals surface area contributed by atoms with Crippen LogP contribution < -0.4 is 14.0 Å². The predicted octanol–water partition coefficient (Wildman–Crippen LogP) is 4.29. The maximum Gasteiger partial charge on any atom is 0.573 e. The van der Waals surface area contributed by atoms with E-state index in [0.29, 0.717) is 0 Å². The van der Waals surface area contributed by atoms with E-state index in [4.69, 9.17) is 4.74 Å². The fraction of sp³-hybridized carbons (Fsp3) is 0.250. The molecule has 7 heteroatoms. The molecular weight excluding hydrogens is 357 g/mol. The van der Waals surface area contributed by atoms with Crippen LogP contribution in [0.25, 0.3) is 16.9 Å². The van der Waals surface area contributed by atoms with Crippen LogP contribution >= 0.6 is 0 Å². The van der Waals surface area contributed by atoms with Gasteiger partial charge in [-0.05, 0) is 55.0 Å². The van der Waals surface area contributed by atoms with Gasteiger partial charge in [-0.3, -0.25) is 0 Å². The molecule has 0 bridgehead atoms. The zero-order valence-electron chi connectivity index (χ0n) is 14.7. The van der Waals surface area contributed by atoms with Gasteiger partial charge >= 0.3 is 6.36 Å². The van der Waals surface area contributed by atoms with Crippen molar-refractivity contribution in [2.45, 2.75) is 25.7 Å². The second-order valence-corrected chi connectivity index (χ2v) is 6.33. The van der Waals surface area contributed by atoms with Crippen LogP contribution in [0.5, 0.6) is 11.5 Å². The molecule has 0 saturated carbocycles. The van der Waals surface area contributed by atoms with Crippen molar-refractivity contribution in [2.75, 3.05) is 7.11 Å². The number of aromatic nitrogens is 2. The highest BCUT2D eigenvalue weighted by atomic mass is 19.4. The van der Waals surface area contributed by atoms with E-state index < -0.39 is 6.36 Å². The molecule has 1 aliphatic rings. The molecule has 140 valence electrons. The molecule has 4 nitrogen and oxygen atoms in total. The monoisotopic (exact) mass is 375 g/mol. The van der Waals surface area contributed by atoms with Crippen LogP contribution in [-0.4, -0.2) is 18.0 Å². The van der Waals surface area contributed by atoms with Crippen LogP contribution in [0.3, 0.4) is 0 Å². The van der Waals surface area contributed by atoms with Crippen LogP contribution in [0.15, 0.2) is 54.7 Å². The zero-order valence-corrected chi connectivity index (χ0v) is 14.7. The Kier molecular flexibility index (Phi) is 4.30. The second-order valence-electron chi connectivity index (χ2n) is 6.33. The van der Waals surface area contributed by atoms with Crippen molar-refractivity contribution >= 4 is 0 Å². The summed E-state index contributed by atoms with van der Waals surface area (Å²) in [5, 5.41) is 0. The minimum Gasteiger partial charge on any atom is -0.497 e. The highest BCUT2D eigenvalue weighted by Crippen LogP contribution is 2.28. The lowest BCUT2D eigenvalue weighted by Gasteiger charge is -2.08.